The van der Waals surface area contributed by atoms with E-state index in [9.17, 15) is 0 Å². The summed E-state index contributed by atoms with van der Waals surface area (Å²) in [5.74, 6) is 0. The first-order valence-electron chi connectivity index (χ1n) is 5.79. The molecular formula is C12H22N2O. The van der Waals surface area contributed by atoms with Crippen LogP contribution >= 0.6 is 0 Å². The second-order valence-corrected chi connectivity index (χ2v) is 3.79. The largest absolute Gasteiger partial charge is 0.472 e. The molecule has 0 aromatic carbocycles. The molecule has 0 bridgehead atoms. The lowest BCUT2D eigenvalue weighted by atomic mass is 10.1. The van der Waals surface area contributed by atoms with Crippen molar-refractivity contribution in [2.24, 2.45) is 5.73 Å². The first kappa shape index (κ1) is 12.3. The Morgan fingerprint density at radius 3 is 2.73 bits per heavy atom. The van der Waals surface area contributed by atoms with Gasteiger partial charge in [-0.1, -0.05) is 20.3 Å². The van der Waals surface area contributed by atoms with Gasteiger partial charge < -0.3 is 10.2 Å². The van der Waals surface area contributed by atoms with Gasteiger partial charge >= 0.3 is 0 Å². The second kappa shape index (κ2) is 6.64. The average Bonchev–Trinajstić information content (AvgIpc) is 2.77. The van der Waals surface area contributed by atoms with E-state index in [4.69, 9.17) is 10.2 Å². The van der Waals surface area contributed by atoms with Gasteiger partial charge in [0.05, 0.1) is 18.6 Å². The van der Waals surface area contributed by atoms with Crippen molar-refractivity contribution in [3.8, 4) is 0 Å². The molecule has 0 radical (unpaired) electrons. The third kappa shape index (κ3) is 3.36. The van der Waals surface area contributed by atoms with Crippen LogP contribution in [0.3, 0.4) is 0 Å². The predicted molar refractivity (Wildman–Crippen MR) is 62.7 cm³/mol. The summed E-state index contributed by atoms with van der Waals surface area (Å²) in [6.45, 7) is 7.19. The van der Waals surface area contributed by atoms with Crippen molar-refractivity contribution >= 4 is 0 Å². The minimum Gasteiger partial charge on any atom is -0.472 e. The Balaban J connectivity index is 2.62. The number of hydrogen-bond donors (Lipinski definition) is 1. The van der Waals surface area contributed by atoms with E-state index < -0.39 is 0 Å². The number of unbranched alkanes of at least 4 members (excludes halogenated alkanes) is 1. The minimum absolute atomic E-state index is 0.306. The highest BCUT2D eigenvalue weighted by Crippen LogP contribution is 2.20. The highest BCUT2D eigenvalue weighted by molar-refractivity contribution is 5.12. The van der Waals surface area contributed by atoms with Gasteiger partial charge in [-0.25, -0.2) is 0 Å². The van der Waals surface area contributed by atoms with Gasteiger partial charge in [0.25, 0.3) is 0 Å². The number of nitrogens with two attached hydrogens (primary N) is 1. The molecule has 15 heavy (non-hydrogen) atoms. The standard InChI is InChI=1S/C12H22N2O/c1-3-5-7-14(4-2)12(9-13)11-6-8-15-10-11/h6,8,10,12H,3-5,7,9,13H2,1-2H3. The minimum atomic E-state index is 0.306. The molecular weight excluding hydrogens is 188 g/mol. The maximum atomic E-state index is 5.83. The predicted octanol–water partition coefficient (Wildman–Crippen LogP) is 2.40. The Morgan fingerprint density at radius 1 is 1.47 bits per heavy atom. The summed E-state index contributed by atoms with van der Waals surface area (Å²) in [5, 5.41) is 0. The Bertz CT molecular complexity index is 246. The van der Waals surface area contributed by atoms with E-state index in [1.54, 1.807) is 12.5 Å². The topological polar surface area (TPSA) is 42.4 Å². The summed E-state index contributed by atoms with van der Waals surface area (Å²) in [7, 11) is 0. The van der Waals surface area contributed by atoms with E-state index in [0.717, 1.165) is 13.1 Å². The summed E-state index contributed by atoms with van der Waals surface area (Å²) < 4.78 is 5.11. The Kier molecular flexibility index (Phi) is 5.43. The van der Waals surface area contributed by atoms with Crippen molar-refractivity contribution in [2.45, 2.75) is 32.7 Å². The Labute approximate surface area is 92.2 Å². The van der Waals surface area contributed by atoms with Crippen molar-refractivity contribution in [3.63, 3.8) is 0 Å². The summed E-state index contributed by atoms with van der Waals surface area (Å²) in [5.41, 5.74) is 7.02. The molecule has 1 aromatic heterocycles. The van der Waals surface area contributed by atoms with E-state index in [1.165, 1.54) is 18.4 Å². The van der Waals surface area contributed by atoms with E-state index in [0.29, 0.717) is 12.6 Å². The summed E-state index contributed by atoms with van der Waals surface area (Å²) in [4.78, 5) is 2.41. The summed E-state index contributed by atoms with van der Waals surface area (Å²) in [6, 6.07) is 2.31. The molecule has 1 aromatic rings. The van der Waals surface area contributed by atoms with Gasteiger partial charge in [0.2, 0.25) is 0 Å². The van der Waals surface area contributed by atoms with Gasteiger partial charge in [0, 0.05) is 12.1 Å². The highest BCUT2D eigenvalue weighted by Gasteiger charge is 2.17. The average molecular weight is 210 g/mol. The van der Waals surface area contributed by atoms with Gasteiger partial charge in [0.1, 0.15) is 0 Å². The molecule has 2 N–H and O–H groups in total. The third-order valence-corrected chi connectivity index (χ3v) is 2.80. The molecule has 1 atom stereocenters. The zero-order valence-corrected chi connectivity index (χ0v) is 9.78. The van der Waals surface area contributed by atoms with Crippen LogP contribution in [0.4, 0.5) is 0 Å². The lowest BCUT2D eigenvalue weighted by molar-refractivity contribution is 0.208. The fourth-order valence-electron chi connectivity index (χ4n) is 1.86. The lowest BCUT2D eigenvalue weighted by Gasteiger charge is -2.28. The fourth-order valence-corrected chi connectivity index (χ4v) is 1.86. The monoisotopic (exact) mass is 210 g/mol. The van der Waals surface area contributed by atoms with Crippen LogP contribution in [0, 0.1) is 0 Å². The molecule has 0 fully saturated rings. The number of nitrogens with zero attached hydrogens (tertiary/aromatic N) is 1. The van der Waals surface area contributed by atoms with Crippen LogP contribution in [0.1, 0.15) is 38.3 Å². The van der Waals surface area contributed by atoms with Gasteiger partial charge in [-0.05, 0) is 25.6 Å². The van der Waals surface area contributed by atoms with Crippen LogP contribution in [0.5, 0.6) is 0 Å². The first-order chi connectivity index (χ1) is 7.33. The van der Waals surface area contributed by atoms with Crippen molar-refractivity contribution < 1.29 is 4.42 Å². The van der Waals surface area contributed by atoms with E-state index in [1.807, 2.05) is 6.07 Å². The molecule has 0 spiro atoms. The maximum absolute atomic E-state index is 5.83. The van der Waals surface area contributed by atoms with Gasteiger partial charge in [-0.15, -0.1) is 0 Å². The molecule has 1 heterocycles. The van der Waals surface area contributed by atoms with Crippen molar-refractivity contribution in [1.29, 1.82) is 0 Å². The second-order valence-electron chi connectivity index (χ2n) is 3.79. The van der Waals surface area contributed by atoms with Crippen LogP contribution in [0.25, 0.3) is 0 Å². The maximum Gasteiger partial charge on any atom is 0.0950 e. The highest BCUT2D eigenvalue weighted by atomic mass is 16.3. The zero-order valence-electron chi connectivity index (χ0n) is 9.78. The third-order valence-electron chi connectivity index (χ3n) is 2.80. The Hall–Kier alpha value is -0.800. The molecule has 86 valence electrons. The number of rotatable bonds is 7. The number of likely N-dealkylation sites (N-methyl/N-ethyl adjacent to an activating group) is 1. The molecule has 1 rings (SSSR count). The number of furan rings is 1. The van der Waals surface area contributed by atoms with Gasteiger partial charge in [0.15, 0.2) is 0 Å². The zero-order chi connectivity index (χ0) is 11.1. The van der Waals surface area contributed by atoms with Crippen LogP contribution in [-0.4, -0.2) is 24.5 Å². The van der Waals surface area contributed by atoms with E-state index in [-0.39, 0.29) is 0 Å². The van der Waals surface area contributed by atoms with E-state index >= 15 is 0 Å². The van der Waals surface area contributed by atoms with Crippen LogP contribution < -0.4 is 5.73 Å². The van der Waals surface area contributed by atoms with Crippen LogP contribution in [0.15, 0.2) is 23.0 Å². The lowest BCUT2D eigenvalue weighted by Crippen LogP contribution is -2.34. The molecule has 1 unspecified atom stereocenters. The molecule has 0 saturated heterocycles. The molecule has 3 nitrogen and oxygen atoms in total. The van der Waals surface area contributed by atoms with Crippen LogP contribution in [-0.2, 0) is 0 Å². The molecule has 0 aliphatic rings. The van der Waals surface area contributed by atoms with Crippen molar-refractivity contribution in [2.75, 3.05) is 19.6 Å². The molecule has 0 aliphatic heterocycles. The number of hydrogen-bond acceptors (Lipinski definition) is 3. The van der Waals surface area contributed by atoms with Gasteiger partial charge in [-0.3, -0.25) is 4.90 Å². The normalized spacial score (nSPS) is 13.3. The SMILES string of the molecule is CCCCN(CC)C(CN)c1ccoc1. The van der Waals surface area contributed by atoms with Crippen molar-refractivity contribution in [3.05, 3.63) is 24.2 Å². The van der Waals surface area contributed by atoms with Crippen molar-refractivity contribution in [1.82, 2.24) is 4.90 Å². The van der Waals surface area contributed by atoms with E-state index in [2.05, 4.69) is 18.7 Å². The molecule has 0 aliphatic carbocycles. The Morgan fingerprint density at radius 2 is 2.27 bits per heavy atom. The quantitative estimate of drug-likeness (QED) is 0.751. The van der Waals surface area contributed by atoms with Gasteiger partial charge in [-0.2, -0.15) is 0 Å². The van der Waals surface area contributed by atoms with Crippen LogP contribution in [0.2, 0.25) is 0 Å². The summed E-state index contributed by atoms with van der Waals surface area (Å²) >= 11 is 0. The first-order valence-corrected chi connectivity index (χ1v) is 5.79. The smallest absolute Gasteiger partial charge is 0.0950 e. The molecule has 0 saturated carbocycles. The molecule has 0 amide bonds. The fraction of sp³-hybridized carbons (Fsp3) is 0.667. The summed E-state index contributed by atoms with van der Waals surface area (Å²) in [6.07, 6.45) is 5.96. The molecule has 3 heteroatoms.